The third kappa shape index (κ3) is 12.0. The summed E-state index contributed by atoms with van der Waals surface area (Å²) in [5, 5.41) is 13.1. The van der Waals surface area contributed by atoms with Gasteiger partial charge in [-0.05, 0) is 84.2 Å². The smallest absolute Gasteiger partial charge is 0.392 e. The van der Waals surface area contributed by atoms with Crippen molar-refractivity contribution in [2.24, 2.45) is 11.8 Å². The number of pyridine rings is 3. The van der Waals surface area contributed by atoms with Crippen LogP contribution >= 0.6 is 0 Å². The minimum atomic E-state index is -4.90. The van der Waals surface area contributed by atoms with Crippen LogP contribution in [0.2, 0.25) is 0 Å². The third-order valence-electron chi connectivity index (χ3n) is 14.3. The van der Waals surface area contributed by atoms with E-state index in [-0.39, 0.29) is 114 Å². The van der Waals surface area contributed by atoms with Crippen LogP contribution in [0, 0.1) is 11.8 Å². The van der Waals surface area contributed by atoms with Crippen LogP contribution in [0.3, 0.4) is 0 Å². The van der Waals surface area contributed by atoms with Gasteiger partial charge >= 0.3 is 18.5 Å². The zero-order valence-corrected chi connectivity index (χ0v) is 41.3. The number of carbonyl (C=O) groups is 4. The molecule has 0 saturated carbocycles. The van der Waals surface area contributed by atoms with E-state index in [1.807, 2.05) is 0 Å². The maximum Gasteiger partial charge on any atom is 0.433 e. The van der Waals surface area contributed by atoms with E-state index in [2.05, 4.69) is 20.3 Å². The van der Waals surface area contributed by atoms with Crippen molar-refractivity contribution >= 4 is 23.6 Å². The predicted molar refractivity (Wildman–Crippen MR) is 262 cm³/mol. The lowest BCUT2D eigenvalue weighted by Crippen LogP contribution is -2.28. The summed E-state index contributed by atoms with van der Waals surface area (Å²) in [6, 6.07) is 24.3. The first-order valence-electron chi connectivity index (χ1n) is 24.8. The SMILES string of the molecule is CNC(=O)c1c(CC2CCN(Cc3ccc(-c4nc(C(F)(F)F)cc(CC5CCN(Cc6ccc(-c7cccc(C(F)(F)F)n7)cc6)C5=O)c4CO)cc3)C2=O)cc(C(F)(F)F)nc1-c1ccc(CN2CCCC2=O)cc1. The number of halogens is 9. The van der Waals surface area contributed by atoms with E-state index in [0.29, 0.717) is 42.6 Å². The molecule has 0 bridgehead atoms. The Morgan fingerprint density at radius 1 is 0.584 bits per heavy atom. The van der Waals surface area contributed by atoms with Gasteiger partial charge in [-0.2, -0.15) is 39.5 Å². The number of nitrogens with one attached hydrogen (secondary N) is 1. The van der Waals surface area contributed by atoms with Crippen LogP contribution in [0.25, 0.3) is 33.8 Å². The maximum atomic E-state index is 14.5. The second-order valence-corrected chi connectivity index (χ2v) is 19.4. The number of benzene rings is 3. The summed E-state index contributed by atoms with van der Waals surface area (Å²) in [5.74, 6) is -2.97. The summed E-state index contributed by atoms with van der Waals surface area (Å²) in [4.78, 5) is 69.7. The van der Waals surface area contributed by atoms with E-state index in [9.17, 15) is 63.8 Å². The van der Waals surface area contributed by atoms with Gasteiger partial charge in [-0.25, -0.2) is 15.0 Å². The third-order valence-corrected chi connectivity index (χ3v) is 14.3. The van der Waals surface area contributed by atoms with Crippen LogP contribution in [0.4, 0.5) is 39.5 Å². The minimum absolute atomic E-state index is 0.00564. The Hall–Kier alpha value is -7.68. The highest BCUT2D eigenvalue weighted by molar-refractivity contribution is 6.01. The average molecular weight is 1070 g/mol. The van der Waals surface area contributed by atoms with E-state index in [1.165, 1.54) is 36.2 Å². The molecule has 0 radical (unpaired) electrons. The predicted octanol–water partition coefficient (Wildman–Crippen LogP) is 10.1. The number of amides is 4. The van der Waals surface area contributed by atoms with Crippen molar-refractivity contribution in [1.82, 2.24) is 35.0 Å². The van der Waals surface area contributed by atoms with E-state index in [0.717, 1.165) is 30.2 Å². The van der Waals surface area contributed by atoms with Crippen molar-refractivity contribution in [3.05, 3.63) is 159 Å². The molecule has 21 heteroatoms. The van der Waals surface area contributed by atoms with Gasteiger partial charge in [-0.15, -0.1) is 0 Å². The highest BCUT2D eigenvalue weighted by atomic mass is 19.4. The summed E-state index contributed by atoms with van der Waals surface area (Å²) < 4.78 is 126. The Kier molecular flexibility index (Phi) is 15.3. The number of carbonyl (C=O) groups excluding carboxylic acids is 4. The van der Waals surface area contributed by atoms with E-state index in [4.69, 9.17) is 0 Å². The fourth-order valence-corrected chi connectivity index (χ4v) is 10.3. The number of rotatable bonds is 15. The normalized spacial score (nSPS) is 17.3. The molecule has 77 heavy (non-hydrogen) atoms. The number of nitrogens with zero attached hydrogens (tertiary/aromatic N) is 6. The quantitative estimate of drug-likeness (QED) is 0.0966. The molecule has 2 unspecified atom stereocenters. The number of aromatic nitrogens is 3. The molecule has 3 aliphatic heterocycles. The van der Waals surface area contributed by atoms with Gasteiger partial charge < -0.3 is 25.1 Å². The lowest BCUT2D eigenvalue weighted by Gasteiger charge is -2.21. The summed E-state index contributed by atoms with van der Waals surface area (Å²) >= 11 is 0. The van der Waals surface area contributed by atoms with Crippen molar-refractivity contribution < 1.29 is 63.8 Å². The molecule has 12 nitrogen and oxygen atoms in total. The van der Waals surface area contributed by atoms with Crippen LogP contribution in [0.5, 0.6) is 0 Å². The van der Waals surface area contributed by atoms with Crippen molar-refractivity contribution in [3.63, 3.8) is 0 Å². The van der Waals surface area contributed by atoms with Crippen LogP contribution < -0.4 is 5.32 Å². The maximum absolute atomic E-state index is 14.5. The number of hydrogen-bond acceptors (Lipinski definition) is 8. The van der Waals surface area contributed by atoms with Crippen LogP contribution in [-0.2, 0) is 72.0 Å². The van der Waals surface area contributed by atoms with Crippen molar-refractivity contribution in [2.75, 3.05) is 26.7 Å². The van der Waals surface area contributed by atoms with Gasteiger partial charge in [0.15, 0.2) is 0 Å². The van der Waals surface area contributed by atoms with Gasteiger partial charge in [-0.3, -0.25) is 19.2 Å². The molecule has 6 aromatic rings. The molecule has 2 N–H and O–H groups in total. The molecule has 3 aromatic carbocycles. The number of aliphatic hydroxyl groups excluding tert-OH is 1. The summed E-state index contributed by atoms with van der Waals surface area (Å²) in [6.45, 7) is 0.867. The van der Waals surface area contributed by atoms with Gasteiger partial charge in [0.2, 0.25) is 17.7 Å². The van der Waals surface area contributed by atoms with Gasteiger partial charge in [-0.1, -0.05) is 78.9 Å². The van der Waals surface area contributed by atoms with Crippen LogP contribution in [0.1, 0.15) is 86.5 Å². The molecule has 3 fully saturated rings. The van der Waals surface area contributed by atoms with Gasteiger partial charge in [0.1, 0.15) is 17.1 Å². The van der Waals surface area contributed by atoms with E-state index in [1.54, 1.807) is 70.5 Å². The van der Waals surface area contributed by atoms with Crippen molar-refractivity contribution in [1.29, 1.82) is 0 Å². The molecule has 3 aromatic heterocycles. The Morgan fingerprint density at radius 2 is 1.05 bits per heavy atom. The summed E-state index contributed by atoms with van der Waals surface area (Å²) in [6.07, 6.45) is -13.1. The molecular formula is C56H50F9N7O5. The molecule has 2 atom stereocenters. The standard InChI is InChI=1S/C56H50F9N7O5/c1-66-51(75)48-41(27-46(56(63,64)65)69-50(48)37-17-11-32(12-18-37)28-70-21-3-6-47(70)74)25-39-20-23-72(53(39)77)30-34-9-15-36(16-10-34)49-42(31-73)40(26-45(68-49)55(60,61)62)24-38-19-22-71(52(38)76)29-33-7-13-35(14-8-33)43-4-2-5-44(67-43)54(57,58)59/h2,4-5,7-18,26-27,38-39,73H,3,6,19-25,28-31H2,1H3,(H,66,75). The highest BCUT2D eigenvalue weighted by Gasteiger charge is 2.40. The fraction of sp³-hybridized carbons (Fsp3) is 0.339. The summed E-state index contributed by atoms with van der Waals surface area (Å²) in [7, 11) is 1.33. The molecule has 3 aliphatic rings. The minimum Gasteiger partial charge on any atom is -0.392 e. The highest BCUT2D eigenvalue weighted by Crippen LogP contribution is 2.39. The first-order valence-corrected chi connectivity index (χ1v) is 24.8. The van der Waals surface area contributed by atoms with Crippen LogP contribution in [-0.4, -0.2) is 85.1 Å². The van der Waals surface area contributed by atoms with Gasteiger partial charge in [0, 0.05) is 86.8 Å². The Labute approximate surface area is 436 Å². The lowest BCUT2D eigenvalue weighted by atomic mass is 9.91. The van der Waals surface area contributed by atoms with E-state index < -0.39 is 60.0 Å². The summed E-state index contributed by atoms with van der Waals surface area (Å²) in [5.41, 5.74) is -0.915. The van der Waals surface area contributed by atoms with Crippen LogP contribution in [0.15, 0.2) is 103 Å². The number of alkyl halides is 9. The molecule has 0 spiro atoms. The molecular weight excluding hydrogens is 1020 g/mol. The largest absolute Gasteiger partial charge is 0.433 e. The lowest BCUT2D eigenvalue weighted by molar-refractivity contribution is -0.142. The number of hydrogen-bond donors (Lipinski definition) is 2. The molecule has 0 aliphatic carbocycles. The molecule has 6 heterocycles. The molecule has 3 saturated heterocycles. The zero-order chi connectivity index (χ0) is 55.0. The topological polar surface area (TPSA) is 149 Å². The monoisotopic (exact) mass is 1070 g/mol. The van der Waals surface area contributed by atoms with E-state index >= 15 is 0 Å². The number of likely N-dealkylation sites (tertiary alicyclic amines) is 3. The molecule has 9 rings (SSSR count). The fourth-order valence-electron chi connectivity index (χ4n) is 10.3. The Morgan fingerprint density at radius 3 is 1.53 bits per heavy atom. The molecule has 402 valence electrons. The molecule has 4 amide bonds. The van der Waals surface area contributed by atoms with Crippen molar-refractivity contribution in [3.8, 4) is 33.8 Å². The number of aliphatic hydroxyl groups is 1. The Balaban J connectivity index is 0.890. The van der Waals surface area contributed by atoms with Gasteiger partial charge in [0.25, 0.3) is 5.91 Å². The Bertz CT molecular complexity index is 3200. The van der Waals surface area contributed by atoms with Crippen molar-refractivity contribution in [2.45, 2.75) is 83.3 Å². The second-order valence-electron chi connectivity index (χ2n) is 19.4. The first-order chi connectivity index (χ1) is 36.6. The first kappa shape index (κ1) is 54.1. The average Bonchev–Trinajstić information content (AvgIpc) is 4.08. The zero-order valence-electron chi connectivity index (χ0n) is 41.3. The van der Waals surface area contributed by atoms with Gasteiger partial charge in [0.05, 0.1) is 29.3 Å². The second kappa shape index (κ2) is 21.7.